The Morgan fingerprint density at radius 2 is 2.28 bits per heavy atom. The number of carbonyl (C=O) groups excluding carboxylic acids is 1. The lowest BCUT2D eigenvalue weighted by Crippen LogP contribution is -2.28. The van der Waals surface area contributed by atoms with Gasteiger partial charge in [-0.3, -0.25) is 0 Å². The van der Waals surface area contributed by atoms with Gasteiger partial charge >= 0.3 is 5.97 Å². The van der Waals surface area contributed by atoms with Crippen molar-refractivity contribution >= 4 is 17.5 Å². The number of anilines is 2. The predicted octanol–water partition coefficient (Wildman–Crippen LogP) is 2.27. The smallest absolute Gasteiger partial charge is 0.328 e. The first-order valence-electron chi connectivity index (χ1n) is 6.30. The van der Waals surface area contributed by atoms with E-state index in [-0.39, 0.29) is 12.0 Å². The van der Waals surface area contributed by atoms with Crippen LogP contribution in [0.3, 0.4) is 0 Å². The summed E-state index contributed by atoms with van der Waals surface area (Å²) in [6.45, 7) is 6.94. The number of pyridine rings is 1. The number of hydrogen-bond donors (Lipinski definition) is 2. The third kappa shape index (κ3) is 4.61. The summed E-state index contributed by atoms with van der Waals surface area (Å²) >= 11 is 0. The molecule has 0 fully saturated rings. The minimum atomic E-state index is -0.369. The molecule has 0 amide bonds. The summed E-state index contributed by atoms with van der Waals surface area (Å²) in [4.78, 5) is 15.7. The molecule has 1 heterocycles. The number of rotatable bonds is 7. The molecule has 1 aromatic rings. The molecule has 0 saturated heterocycles. The van der Waals surface area contributed by atoms with Crippen LogP contribution in [-0.4, -0.2) is 30.1 Å². The fourth-order valence-electron chi connectivity index (χ4n) is 1.45. The number of nitrogens with one attached hydrogen (secondary N) is 2. The maximum Gasteiger partial charge on any atom is 0.328 e. The molecule has 0 aliphatic heterocycles. The van der Waals surface area contributed by atoms with Crippen LogP contribution in [0.15, 0.2) is 18.3 Å². The highest BCUT2D eigenvalue weighted by Gasteiger charge is 2.13. The van der Waals surface area contributed by atoms with Crippen LogP contribution >= 0.6 is 0 Å². The number of nitrogens with zero attached hydrogens (tertiary/aromatic N) is 1. The van der Waals surface area contributed by atoms with Gasteiger partial charge in [0.15, 0.2) is 0 Å². The second kappa shape index (κ2) is 7.53. The molecule has 1 aromatic heterocycles. The third-order valence-electron chi connectivity index (χ3n) is 2.34. The zero-order valence-corrected chi connectivity index (χ0v) is 11.2. The summed E-state index contributed by atoms with van der Waals surface area (Å²) in [6, 6.07) is 3.34. The molecule has 0 aromatic carbocycles. The molecule has 1 rings (SSSR count). The number of aromatic nitrogens is 1. The Balaban J connectivity index is 2.58. The van der Waals surface area contributed by atoms with Crippen molar-refractivity contribution in [2.45, 2.75) is 33.2 Å². The van der Waals surface area contributed by atoms with E-state index in [1.165, 1.54) is 0 Å². The van der Waals surface area contributed by atoms with Crippen molar-refractivity contribution in [3.8, 4) is 0 Å². The van der Waals surface area contributed by atoms with Gasteiger partial charge in [0.2, 0.25) is 0 Å². The van der Waals surface area contributed by atoms with E-state index in [2.05, 4.69) is 22.5 Å². The highest BCUT2D eigenvalue weighted by molar-refractivity contribution is 5.78. The number of hydrogen-bond acceptors (Lipinski definition) is 5. The van der Waals surface area contributed by atoms with Gasteiger partial charge in [-0.25, -0.2) is 9.78 Å². The first kappa shape index (κ1) is 14.3. The van der Waals surface area contributed by atoms with Gasteiger partial charge < -0.3 is 15.4 Å². The second-order valence-corrected chi connectivity index (χ2v) is 3.97. The zero-order valence-electron chi connectivity index (χ0n) is 11.2. The Hall–Kier alpha value is -1.78. The Kier molecular flexibility index (Phi) is 5.97. The maximum absolute atomic E-state index is 11.5. The highest BCUT2D eigenvalue weighted by atomic mass is 16.5. The zero-order chi connectivity index (χ0) is 13.4. The number of ether oxygens (including phenoxy) is 1. The summed E-state index contributed by atoms with van der Waals surface area (Å²) in [6.07, 6.45) is 2.75. The van der Waals surface area contributed by atoms with E-state index in [0.717, 1.165) is 24.5 Å². The summed E-state index contributed by atoms with van der Waals surface area (Å²) in [5.41, 5.74) is 0.851. The monoisotopic (exact) mass is 251 g/mol. The summed E-state index contributed by atoms with van der Waals surface area (Å²) in [5.74, 6) is 0.551. The summed E-state index contributed by atoms with van der Waals surface area (Å²) in [5, 5.41) is 6.28. The van der Waals surface area contributed by atoms with Gasteiger partial charge in [-0.15, -0.1) is 0 Å². The van der Waals surface area contributed by atoms with Crippen LogP contribution in [-0.2, 0) is 9.53 Å². The molecule has 0 saturated carbocycles. The summed E-state index contributed by atoms with van der Waals surface area (Å²) in [7, 11) is 0. The van der Waals surface area contributed by atoms with Gasteiger partial charge in [0, 0.05) is 24.5 Å². The van der Waals surface area contributed by atoms with Crippen LogP contribution < -0.4 is 10.6 Å². The Morgan fingerprint density at radius 3 is 2.94 bits per heavy atom. The molecule has 0 aliphatic rings. The molecule has 100 valence electrons. The molecule has 1 unspecified atom stereocenters. The lowest BCUT2D eigenvalue weighted by Gasteiger charge is -2.14. The molecular formula is C13H21N3O2. The van der Waals surface area contributed by atoms with E-state index >= 15 is 0 Å². The van der Waals surface area contributed by atoms with Crippen molar-refractivity contribution in [2.24, 2.45) is 0 Å². The molecule has 5 nitrogen and oxygen atoms in total. The average Bonchev–Trinajstić information content (AvgIpc) is 2.37. The number of carbonyl (C=O) groups is 1. The van der Waals surface area contributed by atoms with Crippen molar-refractivity contribution in [1.29, 1.82) is 0 Å². The highest BCUT2D eigenvalue weighted by Crippen LogP contribution is 2.13. The Bertz CT molecular complexity index is 382. The lowest BCUT2D eigenvalue weighted by atomic mass is 10.3. The maximum atomic E-state index is 11.5. The van der Waals surface area contributed by atoms with Crippen LogP contribution in [0, 0.1) is 0 Å². The van der Waals surface area contributed by atoms with Crippen LogP contribution in [0.25, 0.3) is 0 Å². The quantitative estimate of drug-likeness (QED) is 0.728. The van der Waals surface area contributed by atoms with Gasteiger partial charge in [0.25, 0.3) is 0 Å². The van der Waals surface area contributed by atoms with Crippen LogP contribution in [0.2, 0.25) is 0 Å². The van der Waals surface area contributed by atoms with E-state index in [0.29, 0.717) is 6.61 Å². The Morgan fingerprint density at radius 1 is 1.50 bits per heavy atom. The van der Waals surface area contributed by atoms with Crippen molar-refractivity contribution in [3.63, 3.8) is 0 Å². The van der Waals surface area contributed by atoms with Gasteiger partial charge in [0.1, 0.15) is 11.9 Å². The van der Waals surface area contributed by atoms with Crippen LogP contribution in [0.4, 0.5) is 11.5 Å². The first-order chi connectivity index (χ1) is 8.67. The molecular weight excluding hydrogens is 230 g/mol. The fourth-order valence-corrected chi connectivity index (χ4v) is 1.45. The standard InChI is InChI=1S/C13H21N3O2/c1-4-7-14-12-9-11(6-8-15-12)16-10(3)13(17)18-5-2/h6,8-10H,4-5,7H2,1-3H3,(H2,14,15,16). The fraction of sp³-hybridized carbons (Fsp3) is 0.538. The molecule has 18 heavy (non-hydrogen) atoms. The molecule has 0 bridgehead atoms. The normalized spacial score (nSPS) is 11.7. The molecule has 5 heteroatoms. The van der Waals surface area contributed by atoms with Crippen molar-refractivity contribution in [1.82, 2.24) is 4.98 Å². The van der Waals surface area contributed by atoms with E-state index in [1.54, 1.807) is 20.0 Å². The molecule has 0 spiro atoms. The van der Waals surface area contributed by atoms with Crippen LogP contribution in [0.5, 0.6) is 0 Å². The Labute approximate surface area is 108 Å². The first-order valence-corrected chi connectivity index (χ1v) is 6.30. The van der Waals surface area contributed by atoms with E-state index in [9.17, 15) is 4.79 Å². The molecule has 0 radical (unpaired) electrons. The number of esters is 1. The van der Waals surface area contributed by atoms with Crippen molar-refractivity contribution in [2.75, 3.05) is 23.8 Å². The SMILES string of the molecule is CCCNc1cc(NC(C)C(=O)OCC)ccn1. The van der Waals surface area contributed by atoms with Gasteiger partial charge in [-0.2, -0.15) is 0 Å². The van der Waals surface area contributed by atoms with Crippen molar-refractivity contribution < 1.29 is 9.53 Å². The van der Waals surface area contributed by atoms with E-state index < -0.39 is 0 Å². The predicted molar refractivity (Wildman–Crippen MR) is 72.7 cm³/mol. The van der Waals surface area contributed by atoms with Gasteiger partial charge in [0.05, 0.1) is 6.61 Å². The molecule has 2 N–H and O–H groups in total. The van der Waals surface area contributed by atoms with E-state index in [1.807, 2.05) is 12.1 Å². The largest absolute Gasteiger partial charge is 0.464 e. The van der Waals surface area contributed by atoms with Crippen LogP contribution in [0.1, 0.15) is 27.2 Å². The average molecular weight is 251 g/mol. The van der Waals surface area contributed by atoms with Crippen molar-refractivity contribution in [3.05, 3.63) is 18.3 Å². The minimum absolute atomic E-state index is 0.252. The lowest BCUT2D eigenvalue weighted by molar-refractivity contribution is -0.143. The summed E-state index contributed by atoms with van der Waals surface area (Å²) < 4.78 is 4.94. The minimum Gasteiger partial charge on any atom is -0.464 e. The second-order valence-electron chi connectivity index (χ2n) is 3.97. The topological polar surface area (TPSA) is 63.2 Å². The van der Waals surface area contributed by atoms with E-state index in [4.69, 9.17) is 4.74 Å². The third-order valence-corrected chi connectivity index (χ3v) is 2.34. The van der Waals surface area contributed by atoms with Gasteiger partial charge in [-0.05, 0) is 26.3 Å². The molecule has 0 aliphatic carbocycles. The molecule has 1 atom stereocenters. The van der Waals surface area contributed by atoms with Gasteiger partial charge in [-0.1, -0.05) is 6.92 Å².